The van der Waals surface area contributed by atoms with Gasteiger partial charge in [-0.25, -0.2) is 0 Å². The Bertz CT molecular complexity index is 1980. The van der Waals surface area contributed by atoms with E-state index in [-0.39, 0.29) is 37.1 Å². The summed E-state index contributed by atoms with van der Waals surface area (Å²) in [6, 6.07) is 8.24. The lowest BCUT2D eigenvalue weighted by Crippen LogP contribution is -2.54. The van der Waals surface area contributed by atoms with Gasteiger partial charge in [-0.15, -0.1) is 0 Å². The number of fused-ring (bicyclic) bond motifs is 6. The summed E-state index contributed by atoms with van der Waals surface area (Å²) in [6.45, 7) is 11.5. The molecule has 2 aromatic rings. The van der Waals surface area contributed by atoms with Gasteiger partial charge in [0.15, 0.2) is 23.0 Å². The molecule has 12 nitrogen and oxygen atoms in total. The molecule has 0 radical (unpaired) electrons. The standard InChI is InChI=1S/C23H33NO6S.C22H31NO4/c1-16(2)11-18-15-24-9-7-17-12-21(28-3)22(29-4)13-19(17)20(24)14-23(18,25)8-6-10-30-31(5,26)27;1-15(2)10-17-14-23-8-6-16-11-20(26-3)21(27-4)12-18(16)19(23)13-22(17,25)7-5-9-24/h12-13,16,18,20,25H,7,9-11,14-15H2,1-5H3;11-12,15,17,19,24-25H,6,8-10,13-14H2,1-4H3/t18-,20-,23-;17-,19-,22-/m11/s1. The van der Waals surface area contributed by atoms with Crippen molar-refractivity contribution in [2.45, 2.75) is 89.5 Å². The summed E-state index contributed by atoms with van der Waals surface area (Å²) < 4.78 is 49.1. The van der Waals surface area contributed by atoms with Crippen molar-refractivity contribution in [2.75, 3.05) is 74.1 Å². The Hall–Kier alpha value is -3.53. The van der Waals surface area contributed by atoms with Gasteiger partial charge in [-0.3, -0.25) is 14.0 Å². The number of hydrogen-bond donors (Lipinski definition) is 3. The van der Waals surface area contributed by atoms with Crippen LogP contribution in [-0.2, 0) is 27.1 Å². The predicted octanol–water partition coefficient (Wildman–Crippen LogP) is 4.78. The summed E-state index contributed by atoms with van der Waals surface area (Å²) in [4.78, 5) is 4.89. The number of benzene rings is 2. The summed E-state index contributed by atoms with van der Waals surface area (Å²) in [6.07, 6.45) is 5.59. The van der Waals surface area contributed by atoms with Crippen LogP contribution < -0.4 is 18.9 Å². The molecule has 0 saturated carbocycles. The van der Waals surface area contributed by atoms with Crippen LogP contribution >= 0.6 is 0 Å². The fourth-order valence-corrected chi connectivity index (χ4v) is 9.64. The average molecular weight is 825 g/mol. The Labute approximate surface area is 346 Å². The highest BCUT2D eigenvalue weighted by Crippen LogP contribution is 2.48. The minimum Gasteiger partial charge on any atom is -0.493 e. The molecule has 0 amide bonds. The number of aliphatic hydroxyl groups is 3. The molecular formula is C45H64N2O10S. The maximum absolute atomic E-state index is 11.6. The number of hydrogen-bond acceptors (Lipinski definition) is 12. The van der Waals surface area contributed by atoms with Gasteiger partial charge >= 0.3 is 0 Å². The average Bonchev–Trinajstić information content (AvgIpc) is 3.18. The van der Waals surface area contributed by atoms with Crippen molar-refractivity contribution in [1.29, 1.82) is 0 Å². The molecule has 0 bridgehead atoms. The lowest BCUT2D eigenvalue weighted by molar-refractivity contribution is -0.0650. The molecule has 0 unspecified atom stereocenters. The third kappa shape index (κ3) is 10.6. The van der Waals surface area contributed by atoms with Crippen molar-refractivity contribution in [3.05, 3.63) is 46.5 Å². The van der Waals surface area contributed by atoms with Gasteiger partial charge in [0, 0.05) is 62.9 Å². The van der Waals surface area contributed by atoms with Gasteiger partial charge in [0.05, 0.1) is 34.7 Å². The maximum atomic E-state index is 11.6. The van der Waals surface area contributed by atoms with Crippen molar-refractivity contribution in [3.63, 3.8) is 0 Å². The second kappa shape index (κ2) is 19.2. The Balaban J connectivity index is 0.000000223. The molecule has 2 fully saturated rings. The molecule has 58 heavy (non-hydrogen) atoms. The highest BCUT2D eigenvalue weighted by atomic mass is 32.2. The Morgan fingerprint density at radius 1 is 0.707 bits per heavy atom. The fraction of sp³-hybridized carbons (Fsp3) is 0.644. The highest BCUT2D eigenvalue weighted by molar-refractivity contribution is 7.86. The molecule has 2 saturated heterocycles. The molecule has 4 heterocycles. The number of nitrogens with zero attached hydrogens (tertiary/aromatic N) is 2. The molecule has 13 heteroatoms. The first kappa shape index (κ1) is 45.6. The van der Waals surface area contributed by atoms with Crippen LogP contribution in [0.2, 0.25) is 0 Å². The van der Waals surface area contributed by atoms with E-state index >= 15 is 0 Å². The van der Waals surface area contributed by atoms with E-state index in [1.54, 1.807) is 28.4 Å². The van der Waals surface area contributed by atoms with Crippen LogP contribution in [0.3, 0.4) is 0 Å². The van der Waals surface area contributed by atoms with E-state index in [9.17, 15) is 23.7 Å². The predicted molar refractivity (Wildman–Crippen MR) is 224 cm³/mol. The van der Waals surface area contributed by atoms with Crippen LogP contribution in [0, 0.1) is 47.4 Å². The van der Waals surface area contributed by atoms with E-state index in [2.05, 4.69) is 67.2 Å². The zero-order valence-corrected chi connectivity index (χ0v) is 36.6. The molecule has 2 aromatic carbocycles. The van der Waals surface area contributed by atoms with Crippen LogP contribution in [0.4, 0.5) is 0 Å². The maximum Gasteiger partial charge on any atom is 0.265 e. The smallest absolute Gasteiger partial charge is 0.265 e. The Morgan fingerprint density at radius 3 is 1.47 bits per heavy atom. The van der Waals surface area contributed by atoms with Crippen molar-refractivity contribution in [2.24, 2.45) is 23.7 Å². The third-order valence-corrected chi connectivity index (χ3v) is 12.6. The molecule has 4 aliphatic heterocycles. The van der Waals surface area contributed by atoms with Gasteiger partial charge in [-0.05, 0) is 84.0 Å². The molecule has 3 N–H and O–H groups in total. The van der Waals surface area contributed by atoms with E-state index in [0.717, 1.165) is 69.4 Å². The van der Waals surface area contributed by atoms with Crippen LogP contribution in [-0.4, -0.2) is 119 Å². The molecule has 6 atom stereocenters. The molecule has 0 spiro atoms. The number of methoxy groups -OCH3 is 4. The number of piperidine rings is 2. The fourth-order valence-electron chi connectivity index (χ4n) is 9.37. The van der Waals surface area contributed by atoms with E-state index in [0.29, 0.717) is 41.9 Å². The van der Waals surface area contributed by atoms with Gasteiger partial charge in [-0.1, -0.05) is 51.4 Å². The van der Waals surface area contributed by atoms with Gasteiger partial charge in [0.25, 0.3) is 10.1 Å². The minimum absolute atomic E-state index is 0.00194. The van der Waals surface area contributed by atoms with Crippen molar-refractivity contribution in [3.8, 4) is 46.7 Å². The minimum atomic E-state index is -3.57. The second-order valence-electron chi connectivity index (χ2n) is 17.0. The normalized spacial score (nSPS) is 26.6. The van der Waals surface area contributed by atoms with E-state index in [1.807, 2.05) is 18.2 Å². The first-order valence-corrected chi connectivity index (χ1v) is 22.2. The summed E-state index contributed by atoms with van der Waals surface area (Å²) in [5, 5.41) is 32.2. The highest BCUT2D eigenvalue weighted by Gasteiger charge is 2.48. The largest absolute Gasteiger partial charge is 0.493 e. The van der Waals surface area contributed by atoms with E-state index < -0.39 is 21.3 Å². The molecule has 6 rings (SSSR count). The zero-order chi connectivity index (χ0) is 42.4. The number of ether oxygens (including phenoxy) is 4. The molecular weight excluding hydrogens is 761 g/mol. The van der Waals surface area contributed by atoms with E-state index in [4.69, 9.17) is 23.1 Å². The van der Waals surface area contributed by atoms with Crippen LogP contribution in [0.5, 0.6) is 23.0 Å². The number of aliphatic hydroxyl groups excluding tert-OH is 1. The lowest BCUT2D eigenvalue weighted by Gasteiger charge is -2.50. The van der Waals surface area contributed by atoms with Crippen molar-refractivity contribution < 1.29 is 46.9 Å². The molecule has 320 valence electrons. The van der Waals surface area contributed by atoms with Gasteiger partial charge in [0.1, 0.15) is 24.4 Å². The van der Waals surface area contributed by atoms with Gasteiger partial charge in [0.2, 0.25) is 0 Å². The van der Waals surface area contributed by atoms with Crippen molar-refractivity contribution >= 4 is 10.1 Å². The lowest BCUT2D eigenvalue weighted by atomic mass is 9.71. The molecule has 0 aliphatic carbocycles. The van der Waals surface area contributed by atoms with E-state index in [1.165, 1.54) is 16.7 Å². The summed E-state index contributed by atoms with van der Waals surface area (Å²) >= 11 is 0. The summed E-state index contributed by atoms with van der Waals surface area (Å²) in [5.74, 6) is 15.2. The SMILES string of the molecule is COc1cc2c(cc1OC)[C@H]1C[C@](O)(C#CCO)[C@H](CC(C)C)CN1CC2.COc1cc2c(cc1OC)[C@H]1C[C@](O)(C#CCOS(C)(=O)=O)[C@H](CC(C)C)CN1CC2. The first-order chi connectivity index (χ1) is 27.5. The monoisotopic (exact) mass is 824 g/mol. The quantitative estimate of drug-likeness (QED) is 0.224. The second-order valence-corrected chi connectivity index (χ2v) is 18.6. The van der Waals surface area contributed by atoms with Crippen molar-refractivity contribution in [1.82, 2.24) is 9.80 Å². The number of rotatable bonds is 10. The Kier molecular flexibility index (Phi) is 15.1. The third-order valence-electron chi connectivity index (χ3n) is 12.0. The molecule has 4 aliphatic rings. The molecule has 0 aromatic heterocycles. The van der Waals surface area contributed by atoms with Gasteiger partial charge < -0.3 is 34.3 Å². The Morgan fingerprint density at radius 2 is 1.10 bits per heavy atom. The van der Waals surface area contributed by atoms with Crippen LogP contribution in [0.25, 0.3) is 0 Å². The van der Waals surface area contributed by atoms with Crippen LogP contribution in [0.15, 0.2) is 24.3 Å². The first-order valence-electron chi connectivity index (χ1n) is 20.4. The summed E-state index contributed by atoms with van der Waals surface area (Å²) in [5.41, 5.74) is 2.43. The summed E-state index contributed by atoms with van der Waals surface area (Å²) in [7, 11) is 2.98. The zero-order valence-electron chi connectivity index (χ0n) is 35.8. The topological polar surface area (TPSA) is 147 Å². The van der Waals surface area contributed by atoms with Crippen LogP contribution in [0.1, 0.15) is 87.7 Å². The van der Waals surface area contributed by atoms with Gasteiger partial charge in [-0.2, -0.15) is 8.42 Å².